The van der Waals surface area contributed by atoms with Gasteiger partial charge < -0.3 is 24.6 Å². The van der Waals surface area contributed by atoms with Gasteiger partial charge in [-0.1, -0.05) is 61.0 Å². The Labute approximate surface area is 358 Å². The van der Waals surface area contributed by atoms with Gasteiger partial charge in [0.2, 0.25) is 11.7 Å². The molecule has 1 N–H and O–H groups in total. The lowest BCUT2D eigenvalue weighted by Crippen LogP contribution is -2.51. The number of ether oxygens (including phenoxy) is 2. The lowest BCUT2D eigenvalue weighted by molar-refractivity contribution is -0.137. The van der Waals surface area contributed by atoms with Crippen molar-refractivity contribution in [3.8, 4) is 17.1 Å². The van der Waals surface area contributed by atoms with Crippen LogP contribution in [0.3, 0.4) is 0 Å². The second kappa shape index (κ2) is 15.5. The van der Waals surface area contributed by atoms with Gasteiger partial charge in [-0.25, -0.2) is 9.97 Å². The van der Waals surface area contributed by atoms with Crippen molar-refractivity contribution >= 4 is 40.6 Å². The predicted molar refractivity (Wildman–Crippen MR) is 223 cm³/mol. The molecule has 0 unspecified atom stereocenters. The fourth-order valence-corrected chi connectivity index (χ4v) is 8.81. The Morgan fingerprint density at radius 1 is 1.02 bits per heavy atom. The third-order valence-electron chi connectivity index (χ3n) is 11.8. The quantitative estimate of drug-likeness (QED) is 0.165. The second-order valence-electron chi connectivity index (χ2n) is 16.3. The summed E-state index contributed by atoms with van der Waals surface area (Å²) in [5, 5.41) is 7.16. The number of piperazine rings is 1. The summed E-state index contributed by atoms with van der Waals surface area (Å²) in [5.41, 5.74) is 3.20. The summed E-state index contributed by atoms with van der Waals surface area (Å²) in [7, 11) is 0. The number of rotatable bonds is 8. The Morgan fingerprint density at radius 3 is 2.50 bits per heavy atom. The molecule has 2 amide bonds. The standard InChI is InChI=1S/C44H41ClF3N9O5/c1-24-18-33(39(58)51-32-13-11-29(20-31(32)45)44(46,47)48)56-35(24)36(41(60)57-42(56)52-38(53-57)27-10-12-30-28(19-27)22-62-43(30,3)4)54-14-16-55(17-15-54)40(59)34-37(25(2)49-23-50-34)61-21-26-8-6-5-7-9-26/h5-13,19-20,23-24,33H,14-18,21-22H2,1-4H3,(H,51,58)/t24-,33-/m0/s1. The summed E-state index contributed by atoms with van der Waals surface area (Å²) in [6, 6.07) is 17.1. The molecule has 3 aliphatic rings. The molecule has 3 aromatic heterocycles. The predicted octanol–water partition coefficient (Wildman–Crippen LogP) is 7.32. The van der Waals surface area contributed by atoms with E-state index in [1.807, 2.05) is 74.2 Å². The van der Waals surface area contributed by atoms with Crippen molar-refractivity contribution in [2.75, 3.05) is 36.4 Å². The van der Waals surface area contributed by atoms with Crippen LogP contribution in [0.15, 0.2) is 77.9 Å². The molecule has 0 aliphatic carbocycles. The Balaban J connectivity index is 1.06. The molecule has 14 nitrogen and oxygen atoms in total. The molecule has 2 atom stereocenters. The van der Waals surface area contributed by atoms with Crippen molar-refractivity contribution in [2.24, 2.45) is 0 Å². The van der Waals surface area contributed by atoms with Gasteiger partial charge in [-0.3, -0.25) is 19.0 Å². The molecule has 3 aliphatic heterocycles. The molecule has 6 heterocycles. The highest BCUT2D eigenvalue weighted by Gasteiger charge is 2.41. The summed E-state index contributed by atoms with van der Waals surface area (Å²) < 4.78 is 55.3. The van der Waals surface area contributed by atoms with Gasteiger partial charge in [-0.2, -0.15) is 22.7 Å². The molecule has 6 aromatic rings. The highest BCUT2D eigenvalue weighted by atomic mass is 35.5. The third kappa shape index (κ3) is 7.31. The van der Waals surface area contributed by atoms with Gasteiger partial charge >= 0.3 is 6.18 Å². The number of aryl methyl sites for hydroxylation is 1. The number of amides is 2. The van der Waals surface area contributed by atoms with Gasteiger partial charge in [0.05, 0.1) is 39.9 Å². The lowest BCUT2D eigenvalue weighted by Gasteiger charge is -2.36. The number of nitrogens with zero attached hydrogens (tertiary/aromatic N) is 8. The minimum Gasteiger partial charge on any atom is -0.485 e. The highest BCUT2D eigenvalue weighted by Crippen LogP contribution is 2.43. The van der Waals surface area contributed by atoms with Crippen molar-refractivity contribution in [3.63, 3.8) is 0 Å². The van der Waals surface area contributed by atoms with E-state index in [9.17, 15) is 27.6 Å². The van der Waals surface area contributed by atoms with Crippen molar-refractivity contribution in [1.29, 1.82) is 0 Å². The van der Waals surface area contributed by atoms with Crippen LogP contribution < -0.4 is 20.5 Å². The Bertz CT molecular complexity index is 2820. The van der Waals surface area contributed by atoms with Crippen LogP contribution in [0.4, 0.5) is 24.5 Å². The number of fused-ring (bicyclic) bond motifs is 4. The maximum atomic E-state index is 14.7. The van der Waals surface area contributed by atoms with Gasteiger partial charge in [0.1, 0.15) is 24.7 Å². The van der Waals surface area contributed by atoms with Crippen molar-refractivity contribution < 1.29 is 32.2 Å². The SMILES string of the molecule is Cc1ncnc(C(=O)N2CCN(c3c4n(c5nc(-c6ccc7c(c6)COC7(C)C)nn5c3=O)[C@H](C(=O)Nc3ccc(C(F)(F)F)cc3Cl)C[C@@H]4C)CC2)c1OCc1ccccc1. The number of halogens is 4. The average molecular weight is 868 g/mol. The van der Waals surface area contributed by atoms with Crippen LogP contribution in [0, 0.1) is 6.92 Å². The first-order chi connectivity index (χ1) is 29.6. The Kier molecular flexibility index (Phi) is 10.3. The van der Waals surface area contributed by atoms with Gasteiger partial charge in [-0.15, -0.1) is 5.10 Å². The van der Waals surface area contributed by atoms with Crippen LogP contribution in [0.25, 0.3) is 17.2 Å². The second-order valence-corrected chi connectivity index (χ2v) is 16.7. The summed E-state index contributed by atoms with van der Waals surface area (Å²) in [4.78, 5) is 60.0. The number of hydrogen-bond acceptors (Lipinski definition) is 10. The maximum absolute atomic E-state index is 14.7. The lowest BCUT2D eigenvalue weighted by atomic mass is 9.94. The van der Waals surface area contributed by atoms with Crippen molar-refractivity contribution in [1.82, 2.24) is 34.0 Å². The maximum Gasteiger partial charge on any atom is 0.416 e. The molecule has 9 rings (SSSR count). The van der Waals surface area contributed by atoms with E-state index in [-0.39, 0.29) is 79.0 Å². The minimum absolute atomic E-state index is 0.00166. The smallest absolute Gasteiger partial charge is 0.416 e. The fourth-order valence-electron chi connectivity index (χ4n) is 8.59. The normalized spacial score (nSPS) is 18.2. The third-order valence-corrected chi connectivity index (χ3v) is 12.1. The molecule has 3 aromatic carbocycles. The van der Waals surface area contributed by atoms with Gasteiger partial charge in [0, 0.05) is 37.7 Å². The van der Waals surface area contributed by atoms with Crippen LogP contribution in [-0.2, 0) is 34.5 Å². The zero-order chi connectivity index (χ0) is 43.7. The summed E-state index contributed by atoms with van der Waals surface area (Å²) in [5.74, 6) is -0.578. The van der Waals surface area contributed by atoms with Crippen molar-refractivity contribution in [3.05, 3.63) is 128 Å². The molecule has 1 saturated heterocycles. The first kappa shape index (κ1) is 41.0. The van der Waals surface area contributed by atoms with Crippen molar-refractivity contribution in [2.45, 2.75) is 71.1 Å². The fraction of sp³-hybridized carbons (Fsp3) is 0.341. The van der Waals surface area contributed by atoms with Crippen LogP contribution >= 0.6 is 11.6 Å². The van der Waals surface area contributed by atoms with E-state index in [1.54, 1.807) is 16.4 Å². The minimum atomic E-state index is -4.62. The molecule has 0 saturated carbocycles. The molecule has 1 fully saturated rings. The molecule has 0 radical (unpaired) electrons. The first-order valence-corrected chi connectivity index (χ1v) is 20.5. The van der Waals surface area contributed by atoms with Crippen LogP contribution in [0.2, 0.25) is 5.02 Å². The monoisotopic (exact) mass is 867 g/mol. The van der Waals surface area contributed by atoms with E-state index >= 15 is 0 Å². The summed E-state index contributed by atoms with van der Waals surface area (Å²) in [6.07, 6.45) is -3.06. The Hall–Kier alpha value is -6.33. The van der Waals surface area contributed by atoms with Gasteiger partial charge in [-0.05, 0) is 68.1 Å². The molecule has 18 heteroatoms. The van der Waals surface area contributed by atoms with Crippen LogP contribution in [0.5, 0.6) is 5.75 Å². The average Bonchev–Trinajstić information content (AvgIpc) is 3.94. The van der Waals surface area contributed by atoms with E-state index < -0.39 is 34.8 Å². The number of alkyl halides is 3. The summed E-state index contributed by atoms with van der Waals surface area (Å²) >= 11 is 6.27. The molecule has 0 spiro atoms. The highest BCUT2D eigenvalue weighted by molar-refractivity contribution is 6.33. The van der Waals surface area contributed by atoms with E-state index in [1.165, 1.54) is 10.8 Å². The molecular weight excluding hydrogens is 827 g/mol. The van der Waals surface area contributed by atoms with Gasteiger partial charge in [0.15, 0.2) is 17.3 Å². The number of aromatic nitrogens is 6. The largest absolute Gasteiger partial charge is 0.485 e. The molecule has 320 valence electrons. The molecular formula is C44H41ClF3N9O5. The number of benzene rings is 3. The topological polar surface area (TPSA) is 149 Å². The summed E-state index contributed by atoms with van der Waals surface area (Å²) in [6.45, 7) is 9.23. The van der Waals surface area contributed by atoms with Crippen LogP contribution in [0.1, 0.15) is 83.3 Å². The van der Waals surface area contributed by atoms with E-state index in [0.717, 1.165) is 34.9 Å². The zero-order valence-electron chi connectivity index (χ0n) is 34.2. The number of carbonyl (C=O) groups excluding carboxylic acids is 2. The number of nitrogens with one attached hydrogen (secondary N) is 1. The van der Waals surface area contributed by atoms with E-state index in [4.69, 9.17) is 31.2 Å². The molecule has 62 heavy (non-hydrogen) atoms. The number of carbonyl (C=O) groups is 2. The number of anilines is 2. The van der Waals surface area contributed by atoms with Crippen LogP contribution in [-0.4, -0.2) is 72.0 Å². The van der Waals surface area contributed by atoms with E-state index in [2.05, 4.69) is 15.3 Å². The molecule has 0 bridgehead atoms. The number of hydrogen-bond donors (Lipinski definition) is 1. The van der Waals surface area contributed by atoms with Gasteiger partial charge in [0.25, 0.3) is 11.5 Å². The first-order valence-electron chi connectivity index (χ1n) is 20.1. The van der Waals surface area contributed by atoms with E-state index in [0.29, 0.717) is 35.0 Å². The Morgan fingerprint density at radius 2 is 1.77 bits per heavy atom. The zero-order valence-corrected chi connectivity index (χ0v) is 34.9.